The molecule has 63 heavy (non-hydrogen) atoms. The fourth-order valence-electron chi connectivity index (χ4n) is 10.6. The molecule has 0 aliphatic heterocycles. The van der Waals surface area contributed by atoms with Crippen molar-refractivity contribution >= 4 is 87.7 Å². The summed E-state index contributed by atoms with van der Waals surface area (Å²) in [6, 6.07) is 85.9. The third-order valence-corrected chi connectivity index (χ3v) is 15.6. The molecule has 0 nitrogen and oxygen atoms in total. The first kappa shape index (κ1) is 36.1. The van der Waals surface area contributed by atoms with Crippen LogP contribution in [-0.4, -0.2) is 14.5 Å². The number of fused-ring (bicyclic) bond motifs is 8. The van der Waals surface area contributed by atoms with Gasteiger partial charge in [-0.1, -0.05) is 42.5 Å². The Hall–Kier alpha value is -7.54. The molecule has 1 heterocycles. The van der Waals surface area contributed by atoms with Crippen molar-refractivity contribution in [2.75, 3.05) is 0 Å². The van der Waals surface area contributed by atoms with Gasteiger partial charge in [0.25, 0.3) is 0 Å². The minimum atomic E-state index is 0.192. The van der Waals surface area contributed by atoms with E-state index >= 15 is 0 Å². The molecule has 0 atom stereocenters. The molecule has 1 aromatic heterocycles. The Balaban J connectivity index is 1.03. The van der Waals surface area contributed by atoms with Crippen molar-refractivity contribution in [1.29, 1.82) is 0 Å². The summed E-state index contributed by atoms with van der Waals surface area (Å²) in [5.41, 5.74) is 12.7. The first-order chi connectivity index (χ1) is 31.3. The molecule has 0 aliphatic carbocycles. The molecule has 12 aromatic carbocycles. The maximum absolute atomic E-state index is 2.51. The second-order valence-corrected chi connectivity index (χ2v) is 18.9. The van der Waals surface area contributed by atoms with E-state index in [1.54, 1.807) is 0 Å². The van der Waals surface area contributed by atoms with Crippen molar-refractivity contribution < 1.29 is 0 Å². The molecular weight excluding hydrogens is 824 g/mol. The van der Waals surface area contributed by atoms with Gasteiger partial charge in [-0.15, -0.1) is 0 Å². The quantitative estimate of drug-likeness (QED) is 0.119. The fraction of sp³-hybridized carbons (Fsp3) is 0. The van der Waals surface area contributed by atoms with E-state index in [1.165, 1.54) is 129 Å². The minimum absolute atomic E-state index is 0.192. The SMILES string of the molecule is c1ccc(-c2c3ccccc3c(-c3ccc4[se]c5cccc(-c6c7ccccc7c(-c7ccc(-c8cccc9ccccc89)cc7)c7ccccc67)c5c4c3)c3ccccc23)cc1. The Bertz CT molecular complexity index is 3830. The Labute approximate surface area is 371 Å². The van der Waals surface area contributed by atoms with Gasteiger partial charge in [0, 0.05) is 0 Å². The molecular formula is C62H38Se. The summed E-state index contributed by atoms with van der Waals surface area (Å²) >= 11 is 0.192. The Morgan fingerprint density at radius 2 is 0.635 bits per heavy atom. The van der Waals surface area contributed by atoms with Gasteiger partial charge in [-0.25, -0.2) is 0 Å². The van der Waals surface area contributed by atoms with E-state index < -0.39 is 0 Å². The number of hydrogen-bond donors (Lipinski definition) is 0. The van der Waals surface area contributed by atoms with Crippen LogP contribution < -0.4 is 0 Å². The van der Waals surface area contributed by atoms with E-state index in [0.717, 1.165) is 0 Å². The molecule has 0 saturated carbocycles. The number of benzene rings is 12. The molecule has 13 aromatic rings. The van der Waals surface area contributed by atoms with Gasteiger partial charge in [-0.2, -0.15) is 0 Å². The van der Waals surface area contributed by atoms with Crippen LogP contribution in [0.1, 0.15) is 0 Å². The normalized spacial score (nSPS) is 11.8. The van der Waals surface area contributed by atoms with Crippen molar-refractivity contribution in [3.63, 3.8) is 0 Å². The summed E-state index contributed by atoms with van der Waals surface area (Å²) in [5.74, 6) is 0. The van der Waals surface area contributed by atoms with Crippen LogP contribution >= 0.6 is 0 Å². The molecule has 1 heteroatoms. The third-order valence-electron chi connectivity index (χ3n) is 13.3. The molecule has 0 bridgehead atoms. The van der Waals surface area contributed by atoms with Crippen molar-refractivity contribution in [2.24, 2.45) is 0 Å². The Morgan fingerprint density at radius 3 is 1.22 bits per heavy atom. The molecule has 0 unspecified atom stereocenters. The van der Waals surface area contributed by atoms with E-state index in [9.17, 15) is 0 Å². The number of hydrogen-bond acceptors (Lipinski definition) is 0. The topological polar surface area (TPSA) is 0 Å². The molecule has 0 amide bonds. The Morgan fingerprint density at radius 1 is 0.222 bits per heavy atom. The van der Waals surface area contributed by atoms with Gasteiger partial charge in [-0.3, -0.25) is 0 Å². The fourth-order valence-corrected chi connectivity index (χ4v) is 12.9. The van der Waals surface area contributed by atoms with Crippen molar-refractivity contribution in [2.45, 2.75) is 0 Å². The maximum atomic E-state index is 2.51. The van der Waals surface area contributed by atoms with Crippen molar-refractivity contribution in [3.05, 3.63) is 231 Å². The summed E-state index contributed by atoms with van der Waals surface area (Å²) in [7, 11) is 0. The third kappa shape index (κ3) is 5.68. The monoisotopic (exact) mass is 862 g/mol. The van der Waals surface area contributed by atoms with Gasteiger partial charge in [0.1, 0.15) is 0 Å². The predicted octanol–water partition coefficient (Wildman–Crippen LogP) is 17.2. The van der Waals surface area contributed by atoms with E-state index in [4.69, 9.17) is 0 Å². The standard InChI is InChI=1S/C62H38Se/c1-2-17-41(18-3-1)58-46-21-6-8-23-48(46)60(49-24-9-7-22-47(49)58)43-36-37-56-55(38-43)62-54(30-15-31-57(62)63-56)61-52-27-12-10-25-50(52)59(51-26-11-13-28-53(51)61)42-34-32-40(33-35-42)45-29-14-19-39-16-4-5-20-44(39)45/h1-38H. The molecule has 0 spiro atoms. The van der Waals surface area contributed by atoms with Gasteiger partial charge >= 0.3 is 321 Å². The van der Waals surface area contributed by atoms with Gasteiger partial charge < -0.3 is 0 Å². The van der Waals surface area contributed by atoms with Gasteiger partial charge in [0.05, 0.1) is 0 Å². The first-order valence-electron chi connectivity index (χ1n) is 21.8. The van der Waals surface area contributed by atoms with Crippen LogP contribution in [0.5, 0.6) is 0 Å². The van der Waals surface area contributed by atoms with Crippen LogP contribution in [0.15, 0.2) is 231 Å². The molecule has 13 rings (SSSR count). The summed E-state index contributed by atoms with van der Waals surface area (Å²) in [5, 5.41) is 15.5. The zero-order valence-electron chi connectivity index (χ0n) is 34.3. The average molecular weight is 862 g/mol. The summed E-state index contributed by atoms with van der Waals surface area (Å²) in [6.45, 7) is 0. The first-order valence-corrected chi connectivity index (χ1v) is 23.5. The van der Waals surface area contributed by atoms with Crippen LogP contribution in [-0.2, 0) is 0 Å². The van der Waals surface area contributed by atoms with E-state index in [0.29, 0.717) is 0 Å². The van der Waals surface area contributed by atoms with Crippen LogP contribution in [0.4, 0.5) is 0 Å². The molecule has 0 N–H and O–H groups in total. The van der Waals surface area contributed by atoms with Crippen molar-refractivity contribution in [1.82, 2.24) is 0 Å². The molecule has 0 saturated heterocycles. The molecule has 0 radical (unpaired) electrons. The molecule has 0 aliphatic rings. The summed E-state index contributed by atoms with van der Waals surface area (Å²) < 4.78 is 2.89. The van der Waals surface area contributed by atoms with Crippen LogP contribution in [0, 0.1) is 0 Å². The van der Waals surface area contributed by atoms with Gasteiger partial charge in [0.15, 0.2) is 0 Å². The molecule has 0 fully saturated rings. The van der Waals surface area contributed by atoms with E-state index in [2.05, 4.69) is 231 Å². The summed E-state index contributed by atoms with van der Waals surface area (Å²) in [6.07, 6.45) is 0. The van der Waals surface area contributed by atoms with Crippen LogP contribution in [0.2, 0.25) is 0 Å². The zero-order valence-corrected chi connectivity index (χ0v) is 36.1. The van der Waals surface area contributed by atoms with E-state index in [1.807, 2.05) is 0 Å². The van der Waals surface area contributed by atoms with Crippen LogP contribution in [0.3, 0.4) is 0 Å². The average Bonchev–Trinajstić information content (AvgIpc) is 3.73. The second-order valence-electron chi connectivity index (χ2n) is 16.6. The Kier molecular flexibility index (Phi) is 8.34. The van der Waals surface area contributed by atoms with Gasteiger partial charge in [-0.05, 0) is 10.8 Å². The zero-order chi connectivity index (χ0) is 41.4. The summed E-state index contributed by atoms with van der Waals surface area (Å²) in [4.78, 5) is 0. The van der Waals surface area contributed by atoms with Crippen LogP contribution in [0.25, 0.3) is 129 Å². The molecule has 292 valence electrons. The number of rotatable bonds is 5. The predicted molar refractivity (Wildman–Crippen MR) is 273 cm³/mol. The van der Waals surface area contributed by atoms with Gasteiger partial charge in [0.2, 0.25) is 0 Å². The second kappa shape index (κ2) is 14.5. The van der Waals surface area contributed by atoms with Crippen molar-refractivity contribution in [3.8, 4) is 55.6 Å². The van der Waals surface area contributed by atoms with E-state index in [-0.39, 0.29) is 14.5 Å².